The second-order valence-electron chi connectivity index (χ2n) is 3.75. The number of halogens is 1. The molecule has 1 atom stereocenters. The molecule has 0 bridgehead atoms. The Hall–Kier alpha value is -1.35. The molecule has 1 aliphatic rings. The predicted molar refractivity (Wildman–Crippen MR) is 56.7 cm³/mol. The summed E-state index contributed by atoms with van der Waals surface area (Å²) < 4.78 is 18.8. The third kappa shape index (κ3) is 2.02. The van der Waals surface area contributed by atoms with Crippen molar-refractivity contribution in [2.24, 2.45) is 5.73 Å². The van der Waals surface area contributed by atoms with Crippen molar-refractivity contribution in [3.05, 3.63) is 47.0 Å². The number of hydrogen-bond donors (Lipinski definition) is 1. The van der Waals surface area contributed by atoms with Crippen molar-refractivity contribution >= 4 is 0 Å². The van der Waals surface area contributed by atoms with Gasteiger partial charge in [-0.3, -0.25) is 0 Å². The summed E-state index contributed by atoms with van der Waals surface area (Å²) >= 11 is 0. The molecular weight excluding hydrogens is 193 g/mol. The van der Waals surface area contributed by atoms with Crippen molar-refractivity contribution in [1.29, 1.82) is 0 Å². The van der Waals surface area contributed by atoms with Gasteiger partial charge in [0.1, 0.15) is 11.6 Å². The fourth-order valence-corrected chi connectivity index (χ4v) is 1.71. The first-order valence-corrected chi connectivity index (χ1v) is 5.03. The lowest BCUT2D eigenvalue weighted by Gasteiger charge is -2.14. The van der Waals surface area contributed by atoms with E-state index in [0.29, 0.717) is 17.9 Å². The van der Waals surface area contributed by atoms with Crippen LogP contribution in [0.25, 0.3) is 0 Å². The first kappa shape index (κ1) is 10.2. The molecule has 2 nitrogen and oxygen atoms in total. The van der Waals surface area contributed by atoms with Gasteiger partial charge in [0.2, 0.25) is 0 Å². The lowest BCUT2D eigenvalue weighted by Crippen LogP contribution is -2.15. The molecule has 0 aromatic heterocycles. The molecule has 0 aliphatic carbocycles. The summed E-state index contributed by atoms with van der Waals surface area (Å²) in [7, 11) is 0. The monoisotopic (exact) mass is 207 g/mol. The van der Waals surface area contributed by atoms with Gasteiger partial charge in [-0.1, -0.05) is 17.7 Å². The summed E-state index contributed by atoms with van der Waals surface area (Å²) in [6.07, 6.45) is 2.78. The van der Waals surface area contributed by atoms with Gasteiger partial charge in [0.25, 0.3) is 0 Å². The van der Waals surface area contributed by atoms with Gasteiger partial charge >= 0.3 is 0 Å². The van der Waals surface area contributed by atoms with Gasteiger partial charge in [-0.05, 0) is 19.1 Å². The highest BCUT2D eigenvalue weighted by molar-refractivity contribution is 5.31. The van der Waals surface area contributed by atoms with Crippen LogP contribution >= 0.6 is 0 Å². The van der Waals surface area contributed by atoms with Gasteiger partial charge in [-0.2, -0.15) is 0 Å². The molecule has 0 amide bonds. The number of benzene rings is 1. The summed E-state index contributed by atoms with van der Waals surface area (Å²) in [5.74, 6) is 0.406. The molecule has 0 saturated carbocycles. The zero-order chi connectivity index (χ0) is 10.8. The van der Waals surface area contributed by atoms with Crippen LogP contribution in [0.1, 0.15) is 23.6 Å². The van der Waals surface area contributed by atoms with E-state index in [0.717, 1.165) is 12.0 Å². The molecule has 3 heteroatoms. The second-order valence-corrected chi connectivity index (χ2v) is 3.75. The number of nitrogens with two attached hydrogens (primary N) is 1. The largest absolute Gasteiger partial charge is 0.496 e. The molecule has 0 saturated heterocycles. The topological polar surface area (TPSA) is 35.2 Å². The molecule has 0 radical (unpaired) electrons. The van der Waals surface area contributed by atoms with Gasteiger partial charge in [0.05, 0.1) is 12.6 Å². The second kappa shape index (κ2) is 4.03. The Morgan fingerprint density at radius 3 is 2.93 bits per heavy atom. The first-order valence-electron chi connectivity index (χ1n) is 5.03. The normalized spacial score (nSPS) is 17.1. The van der Waals surface area contributed by atoms with Gasteiger partial charge in [-0.15, -0.1) is 0 Å². The van der Waals surface area contributed by atoms with Gasteiger partial charge in [0.15, 0.2) is 0 Å². The van der Waals surface area contributed by atoms with Crippen molar-refractivity contribution in [2.75, 3.05) is 6.61 Å². The molecule has 2 N–H and O–H groups in total. The minimum Gasteiger partial charge on any atom is -0.496 e. The predicted octanol–water partition coefficient (Wildman–Crippen LogP) is 2.44. The van der Waals surface area contributed by atoms with Crippen molar-refractivity contribution in [2.45, 2.75) is 19.4 Å². The highest BCUT2D eigenvalue weighted by Crippen LogP contribution is 2.26. The lowest BCUT2D eigenvalue weighted by molar-refractivity contribution is 0.224. The van der Waals surface area contributed by atoms with E-state index >= 15 is 0 Å². The Morgan fingerprint density at radius 1 is 1.47 bits per heavy atom. The molecule has 80 valence electrons. The van der Waals surface area contributed by atoms with Crippen LogP contribution in [-0.4, -0.2) is 6.61 Å². The Balaban J connectivity index is 2.31. The maximum Gasteiger partial charge on any atom is 0.128 e. The number of rotatable bonds is 2. The maximum absolute atomic E-state index is 13.5. The highest BCUT2D eigenvalue weighted by atomic mass is 19.1. The summed E-state index contributed by atoms with van der Waals surface area (Å²) in [4.78, 5) is 0. The van der Waals surface area contributed by atoms with Gasteiger partial charge in [0, 0.05) is 12.0 Å². The SMILES string of the molecule is Cc1ccc(F)c(C(N)C2=CCCO2)c1. The van der Waals surface area contributed by atoms with Crippen LogP contribution in [-0.2, 0) is 4.74 Å². The van der Waals surface area contributed by atoms with E-state index in [2.05, 4.69) is 0 Å². The molecule has 0 fully saturated rings. The summed E-state index contributed by atoms with van der Waals surface area (Å²) in [6, 6.07) is 4.46. The number of ether oxygens (including phenoxy) is 1. The molecule has 1 aromatic carbocycles. The van der Waals surface area contributed by atoms with Crippen LogP contribution in [0.15, 0.2) is 30.0 Å². The fraction of sp³-hybridized carbons (Fsp3) is 0.333. The zero-order valence-electron chi connectivity index (χ0n) is 8.66. The van der Waals surface area contributed by atoms with Gasteiger partial charge < -0.3 is 10.5 Å². The minimum absolute atomic E-state index is 0.274. The van der Waals surface area contributed by atoms with E-state index < -0.39 is 6.04 Å². The molecule has 15 heavy (non-hydrogen) atoms. The Labute approximate surface area is 88.5 Å². The smallest absolute Gasteiger partial charge is 0.128 e. The molecule has 0 spiro atoms. The molecule has 1 unspecified atom stereocenters. The Kier molecular flexibility index (Phi) is 2.73. The average molecular weight is 207 g/mol. The minimum atomic E-state index is -0.479. The quantitative estimate of drug-likeness (QED) is 0.808. The zero-order valence-corrected chi connectivity index (χ0v) is 8.66. The third-order valence-electron chi connectivity index (χ3n) is 2.53. The van der Waals surface area contributed by atoms with E-state index in [-0.39, 0.29) is 5.82 Å². The maximum atomic E-state index is 13.5. The summed E-state index contributed by atoms with van der Waals surface area (Å²) in [6.45, 7) is 2.57. The summed E-state index contributed by atoms with van der Waals surface area (Å²) in [5.41, 5.74) is 7.44. The fourth-order valence-electron chi connectivity index (χ4n) is 1.71. The third-order valence-corrected chi connectivity index (χ3v) is 2.53. The van der Waals surface area contributed by atoms with Crippen LogP contribution < -0.4 is 5.73 Å². The molecular formula is C12H14FNO. The Morgan fingerprint density at radius 2 is 2.27 bits per heavy atom. The molecule has 2 rings (SSSR count). The number of aryl methyl sites for hydroxylation is 1. The van der Waals surface area contributed by atoms with Gasteiger partial charge in [-0.25, -0.2) is 4.39 Å². The lowest BCUT2D eigenvalue weighted by atomic mass is 10.0. The standard InChI is InChI=1S/C12H14FNO/c1-8-4-5-10(13)9(7-8)12(14)11-3-2-6-15-11/h3-5,7,12H,2,6,14H2,1H3. The van der Waals surface area contributed by atoms with Crippen molar-refractivity contribution in [1.82, 2.24) is 0 Å². The van der Waals surface area contributed by atoms with Crippen LogP contribution in [0.5, 0.6) is 0 Å². The van der Waals surface area contributed by atoms with Crippen molar-refractivity contribution in [3.63, 3.8) is 0 Å². The van der Waals surface area contributed by atoms with Crippen LogP contribution in [0, 0.1) is 12.7 Å². The molecule has 1 heterocycles. The van der Waals surface area contributed by atoms with Crippen LogP contribution in [0.2, 0.25) is 0 Å². The van der Waals surface area contributed by atoms with Crippen molar-refractivity contribution in [3.8, 4) is 0 Å². The molecule has 1 aliphatic heterocycles. The van der Waals surface area contributed by atoms with E-state index in [1.807, 2.05) is 13.0 Å². The highest BCUT2D eigenvalue weighted by Gasteiger charge is 2.19. The van der Waals surface area contributed by atoms with E-state index in [1.165, 1.54) is 6.07 Å². The molecule has 1 aromatic rings. The first-order chi connectivity index (χ1) is 7.18. The summed E-state index contributed by atoms with van der Waals surface area (Å²) in [5, 5.41) is 0. The van der Waals surface area contributed by atoms with E-state index in [1.54, 1.807) is 12.1 Å². The van der Waals surface area contributed by atoms with Crippen LogP contribution in [0.3, 0.4) is 0 Å². The Bertz CT molecular complexity index is 401. The average Bonchev–Trinajstić information content (AvgIpc) is 2.74. The van der Waals surface area contributed by atoms with E-state index in [9.17, 15) is 4.39 Å². The van der Waals surface area contributed by atoms with E-state index in [4.69, 9.17) is 10.5 Å². The van der Waals surface area contributed by atoms with Crippen molar-refractivity contribution < 1.29 is 9.13 Å². The number of hydrogen-bond acceptors (Lipinski definition) is 2. The van der Waals surface area contributed by atoms with Crippen LogP contribution in [0.4, 0.5) is 4.39 Å².